The first-order valence-corrected chi connectivity index (χ1v) is 6.30. The Hall–Kier alpha value is -0.890. The van der Waals surface area contributed by atoms with E-state index in [4.69, 9.17) is 4.74 Å². The smallest absolute Gasteiger partial charge is 0.138 e. The Bertz CT molecular complexity index is 501. The second-order valence-corrected chi connectivity index (χ2v) is 6.22. The standard InChI is InChI=1S/C14H14O2/c15-11-3-8-4-13-2-1-9-6-16-7-10(9)14(13,5-8)12(11)13/h1-2,8,12H,3-7H2/t8-,12?,13-,14-/m0/s1. The van der Waals surface area contributed by atoms with Gasteiger partial charge in [-0.05, 0) is 29.9 Å². The molecule has 0 aromatic heterocycles. The molecule has 0 saturated heterocycles. The lowest BCUT2D eigenvalue weighted by molar-refractivity contribution is -0.125. The lowest BCUT2D eigenvalue weighted by Crippen LogP contribution is -2.26. The van der Waals surface area contributed by atoms with Crippen LogP contribution in [0.15, 0.2) is 23.3 Å². The molecule has 4 bridgehead atoms. The molecule has 6 aliphatic rings. The van der Waals surface area contributed by atoms with Crippen LogP contribution in [-0.4, -0.2) is 19.0 Å². The molecular weight excluding hydrogens is 200 g/mol. The molecular formula is C14H14O2. The molecule has 4 fully saturated rings. The lowest BCUT2D eigenvalue weighted by atomic mass is 9.77. The van der Waals surface area contributed by atoms with Gasteiger partial charge < -0.3 is 4.74 Å². The number of carbonyl (C=O) groups is 1. The first-order chi connectivity index (χ1) is 7.78. The second kappa shape index (κ2) is 2.08. The van der Waals surface area contributed by atoms with Crippen LogP contribution in [0.5, 0.6) is 0 Å². The molecule has 4 atom stereocenters. The van der Waals surface area contributed by atoms with Crippen LogP contribution in [0, 0.1) is 22.7 Å². The largest absolute Gasteiger partial charge is 0.372 e. The number of ether oxygens (including phenoxy) is 1. The van der Waals surface area contributed by atoms with Crippen LogP contribution in [0.1, 0.15) is 19.3 Å². The van der Waals surface area contributed by atoms with Gasteiger partial charge in [-0.2, -0.15) is 0 Å². The fourth-order valence-corrected chi connectivity index (χ4v) is 5.49. The predicted octanol–water partition coefficient (Wildman–Crippen LogP) is 1.87. The van der Waals surface area contributed by atoms with Crippen LogP contribution in [0.2, 0.25) is 0 Å². The highest BCUT2D eigenvalue weighted by molar-refractivity contribution is 5.92. The van der Waals surface area contributed by atoms with Crippen molar-refractivity contribution in [3.8, 4) is 0 Å². The highest BCUT2D eigenvalue weighted by Crippen LogP contribution is 2.87. The van der Waals surface area contributed by atoms with Gasteiger partial charge in [-0.15, -0.1) is 0 Å². The summed E-state index contributed by atoms with van der Waals surface area (Å²) >= 11 is 0. The molecule has 0 amide bonds. The summed E-state index contributed by atoms with van der Waals surface area (Å²) in [5.74, 6) is 1.53. The third-order valence-corrected chi connectivity index (χ3v) is 5.82. The second-order valence-electron chi connectivity index (χ2n) is 6.22. The molecule has 1 aliphatic heterocycles. The summed E-state index contributed by atoms with van der Waals surface area (Å²) in [5.41, 5.74) is 3.37. The van der Waals surface area contributed by atoms with Gasteiger partial charge in [0.05, 0.1) is 13.2 Å². The van der Waals surface area contributed by atoms with Crippen LogP contribution < -0.4 is 0 Å². The number of ketones is 1. The maximum absolute atomic E-state index is 12.1. The van der Waals surface area contributed by atoms with E-state index in [1.165, 1.54) is 24.0 Å². The number of Topliss-reactive ketones (excluding diaryl/α,β-unsaturated/α-hetero) is 1. The molecule has 0 aromatic carbocycles. The van der Waals surface area contributed by atoms with E-state index in [-0.39, 0.29) is 10.8 Å². The van der Waals surface area contributed by atoms with E-state index in [1.54, 1.807) is 0 Å². The number of carbonyl (C=O) groups excluding carboxylic acids is 1. The fraction of sp³-hybridized carbons (Fsp3) is 0.643. The van der Waals surface area contributed by atoms with Crippen molar-refractivity contribution in [2.75, 3.05) is 13.2 Å². The van der Waals surface area contributed by atoms with E-state index in [9.17, 15) is 4.79 Å². The summed E-state index contributed by atoms with van der Waals surface area (Å²) in [4.78, 5) is 12.1. The van der Waals surface area contributed by atoms with E-state index >= 15 is 0 Å². The summed E-state index contributed by atoms with van der Waals surface area (Å²) in [7, 11) is 0. The van der Waals surface area contributed by atoms with Gasteiger partial charge in [-0.1, -0.05) is 12.2 Å². The summed E-state index contributed by atoms with van der Waals surface area (Å²) in [5, 5.41) is 0. The molecule has 5 aliphatic carbocycles. The summed E-state index contributed by atoms with van der Waals surface area (Å²) in [6, 6.07) is 0. The fourth-order valence-electron chi connectivity index (χ4n) is 5.49. The minimum atomic E-state index is 0.244. The quantitative estimate of drug-likeness (QED) is 0.615. The number of rotatable bonds is 0. The van der Waals surface area contributed by atoms with Crippen molar-refractivity contribution in [3.63, 3.8) is 0 Å². The van der Waals surface area contributed by atoms with E-state index in [0.717, 1.165) is 19.6 Å². The third-order valence-electron chi connectivity index (χ3n) is 5.82. The van der Waals surface area contributed by atoms with Gasteiger partial charge in [-0.25, -0.2) is 0 Å². The van der Waals surface area contributed by atoms with E-state index in [0.29, 0.717) is 17.6 Å². The highest BCUT2D eigenvalue weighted by Gasteiger charge is 2.85. The predicted molar refractivity (Wildman–Crippen MR) is 57.7 cm³/mol. The molecule has 82 valence electrons. The third kappa shape index (κ3) is 0.569. The van der Waals surface area contributed by atoms with Crippen molar-refractivity contribution in [1.29, 1.82) is 0 Å². The molecule has 2 heteroatoms. The maximum Gasteiger partial charge on any atom is 0.138 e. The average molecular weight is 214 g/mol. The summed E-state index contributed by atoms with van der Waals surface area (Å²) in [6.07, 6.45) is 7.99. The van der Waals surface area contributed by atoms with Crippen molar-refractivity contribution in [3.05, 3.63) is 23.3 Å². The van der Waals surface area contributed by atoms with Gasteiger partial charge in [0.15, 0.2) is 0 Å². The molecule has 0 radical (unpaired) electrons. The Morgan fingerprint density at radius 3 is 3.12 bits per heavy atom. The minimum Gasteiger partial charge on any atom is -0.372 e. The first-order valence-electron chi connectivity index (χ1n) is 6.30. The molecule has 0 aromatic rings. The van der Waals surface area contributed by atoms with Crippen molar-refractivity contribution in [2.24, 2.45) is 22.7 Å². The summed E-state index contributed by atoms with van der Waals surface area (Å²) in [6.45, 7) is 1.56. The highest BCUT2D eigenvalue weighted by atomic mass is 16.5. The van der Waals surface area contributed by atoms with Crippen molar-refractivity contribution < 1.29 is 9.53 Å². The molecule has 4 saturated carbocycles. The lowest BCUT2D eigenvalue weighted by Gasteiger charge is -2.26. The Balaban J connectivity index is 1.78. The van der Waals surface area contributed by atoms with Crippen molar-refractivity contribution >= 4 is 5.78 Å². The normalized spacial score (nSPS) is 55.4. The molecule has 1 unspecified atom stereocenters. The molecule has 0 N–H and O–H groups in total. The molecule has 2 nitrogen and oxygen atoms in total. The molecule has 16 heavy (non-hydrogen) atoms. The van der Waals surface area contributed by atoms with Gasteiger partial charge in [0.2, 0.25) is 0 Å². The number of allylic oxidation sites excluding steroid dienone is 1. The number of hydrogen-bond acceptors (Lipinski definition) is 2. The zero-order valence-electron chi connectivity index (χ0n) is 9.16. The van der Waals surface area contributed by atoms with E-state index < -0.39 is 0 Å². The van der Waals surface area contributed by atoms with Gasteiger partial charge in [-0.3, -0.25) is 4.79 Å². The molecule has 2 spiro atoms. The maximum atomic E-state index is 12.1. The summed E-state index contributed by atoms with van der Waals surface area (Å²) < 4.78 is 5.59. The minimum absolute atomic E-state index is 0.244. The topological polar surface area (TPSA) is 26.3 Å². The van der Waals surface area contributed by atoms with Crippen LogP contribution in [0.3, 0.4) is 0 Å². The SMILES string of the molecule is O=C1C[C@H]2C[C@]34C=CC5=C(COC5)[C@@]3(C2)C14. The van der Waals surface area contributed by atoms with Gasteiger partial charge in [0, 0.05) is 23.2 Å². The number of hydrogen-bond donors (Lipinski definition) is 0. The molecule has 1 heterocycles. The van der Waals surface area contributed by atoms with E-state index in [2.05, 4.69) is 12.2 Å². The van der Waals surface area contributed by atoms with Crippen LogP contribution in [0.4, 0.5) is 0 Å². The van der Waals surface area contributed by atoms with Crippen LogP contribution >= 0.6 is 0 Å². The van der Waals surface area contributed by atoms with Crippen LogP contribution in [0.25, 0.3) is 0 Å². The average Bonchev–Trinajstić information content (AvgIpc) is 2.62. The Morgan fingerprint density at radius 2 is 2.25 bits per heavy atom. The Kier molecular flexibility index (Phi) is 1.07. The molecule has 6 rings (SSSR count). The van der Waals surface area contributed by atoms with E-state index in [1.807, 2.05) is 0 Å². The zero-order chi connectivity index (χ0) is 10.5. The van der Waals surface area contributed by atoms with Gasteiger partial charge >= 0.3 is 0 Å². The number of fused-ring (bicyclic) bond motifs is 1. The monoisotopic (exact) mass is 214 g/mol. The zero-order valence-corrected chi connectivity index (χ0v) is 9.16. The first kappa shape index (κ1) is 8.24. The van der Waals surface area contributed by atoms with Gasteiger partial charge in [0.25, 0.3) is 0 Å². The Labute approximate surface area is 94.4 Å². The van der Waals surface area contributed by atoms with Gasteiger partial charge in [0.1, 0.15) is 5.78 Å². The van der Waals surface area contributed by atoms with Crippen molar-refractivity contribution in [2.45, 2.75) is 19.3 Å². The van der Waals surface area contributed by atoms with Crippen LogP contribution in [-0.2, 0) is 9.53 Å². The Morgan fingerprint density at radius 1 is 1.31 bits per heavy atom. The van der Waals surface area contributed by atoms with Crippen molar-refractivity contribution in [1.82, 2.24) is 0 Å².